The molecule has 0 aliphatic heterocycles. The van der Waals surface area contributed by atoms with Gasteiger partial charge in [-0.1, -0.05) is 13.2 Å². The van der Waals surface area contributed by atoms with Crippen molar-refractivity contribution < 1.29 is 43.2 Å². The molecular formula is C28H32O9. The summed E-state index contributed by atoms with van der Waals surface area (Å²) in [6.45, 7) is 7.72. The summed E-state index contributed by atoms with van der Waals surface area (Å²) in [6.07, 6.45) is 3.79. The number of rotatable bonds is 17. The summed E-state index contributed by atoms with van der Waals surface area (Å²) in [5.41, 5.74) is 0.399. The normalized spacial score (nSPS) is 10.2. The largest absolute Gasteiger partial charge is 0.494 e. The molecule has 2 aromatic rings. The fourth-order valence-electron chi connectivity index (χ4n) is 2.81. The van der Waals surface area contributed by atoms with Gasteiger partial charge in [0.15, 0.2) is 0 Å². The van der Waals surface area contributed by atoms with Gasteiger partial charge in [-0.2, -0.15) is 0 Å². The van der Waals surface area contributed by atoms with Crippen LogP contribution in [-0.4, -0.2) is 56.0 Å². The molecule has 9 heteroatoms. The first-order valence-electron chi connectivity index (χ1n) is 11.9. The van der Waals surface area contributed by atoms with Gasteiger partial charge in [0.05, 0.1) is 44.2 Å². The van der Waals surface area contributed by atoms with Gasteiger partial charge in [-0.3, -0.25) is 0 Å². The van der Waals surface area contributed by atoms with Gasteiger partial charge >= 0.3 is 17.9 Å². The van der Waals surface area contributed by atoms with E-state index in [0.29, 0.717) is 61.9 Å². The molecule has 0 radical (unpaired) electrons. The van der Waals surface area contributed by atoms with Crippen molar-refractivity contribution in [1.82, 2.24) is 0 Å². The summed E-state index contributed by atoms with van der Waals surface area (Å²) >= 11 is 0. The highest BCUT2D eigenvalue weighted by Crippen LogP contribution is 2.20. The Balaban J connectivity index is 1.65. The molecule has 0 saturated carbocycles. The zero-order valence-corrected chi connectivity index (χ0v) is 20.7. The first kappa shape index (κ1) is 29.1. The minimum Gasteiger partial charge on any atom is -0.494 e. The summed E-state index contributed by atoms with van der Waals surface area (Å²) in [4.78, 5) is 34.7. The molecule has 9 nitrogen and oxygen atoms in total. The Labute approximate surface area is 216 Å². The van der Waals surface area contributed by atoms with Crippen molar-refractivity contribution >= 4 is 17.9 Å². The van der Waals surface area contributed by atoms with E-state index >= 15 is 0 Å². The Morgan fingerprint density at radius 1 is 0.730 bits per heavy atom. The van der Waals surface area contributed by atoms with E-state index in [4.69, 9.17) is 28.8 Å². The van der Waals surface area contributed by atoms with Gasteiger partial charge in [-0.05, 0) is 74.2 Å². The second-order valence-electron chi connectivity index (χ2n) is 7.77. The van der Waals surface area contributed by atoms with Gasteiger partial charge in [0.2, 0.25) is 0 Å². The lowest BCUT2D eigenvalue weighted by Crippen LogP contribution is -2.11. The van der Waals surface area contributed by atoms with E-state index in [1.807, 2.05) is 0 Å². The van der Waals surface area contributed by atoms with E-state index in [1.54, 1.807) is 48.5 Å². The molecular weight excluding hydrogens is 480 g/mol. The first-order chi connectivity index (χ1) is 17.9. The zero-order chi connectivity index (χ0) is 26.9. The Bertz CT molecular complexity index is 1030. The van der Waals surface area contributed by atoms with Gasteiger partial charge in [0.1, 0.15) is 17.2 Å². The Hall–Kier alpha value is -4.11. The average molecular weight is 513 g/mol. The quantitative estimate of drug-likeness (QED) is 0.145. The van der Waals surface area contributed by atoms with Crippen LogP contribution in [-0.2, 0) is 19.1 Å². The second kappa shape index (κ2) is 16.5. The van der Waals surface area contributed by atoms with E-state index in [2.05, 4.69) is 13.2 Å². The van der Waals surface area contributed by atoms with Crippen LogP contribution in [0.4, 0.5) is 0 Å². The first-order valence-corrected chi connectivity index (χ1v) is 11.9. The van der Waals surface area contributed by atoms with Crippen molar-refractivity contribution in [1.29, 1.82) is 0 Å². The van der Waals surface area contributed by atoms with Crippen molar-refractivity contribution in [3.05, 3.63) is 78.9 Å². The molecule has 0 spiro atoms. The average Bonchev–Trinajstić information content (AvgIpc) is 2.92. The minimum absolute atomic E-state index is 0.0230. The number of unbranched alkanes of at least 4 members (excludes halogenated alkanes) is 2. The fraction of sp³-hybridized carbons (Fsp3) is 0.321. The van der Waals surface area contributed by atoms with Gasteiger partial charge in [0, 0.05) is 6.08 Å². The van der Waals surface area contributed by atoms with Gasteiger partial charge in [-0.25, -0.2) is 14.4 Å². The predicted octanol–water partition coefficient (Wildman–Crippen LogP) is 4.04. The van der Waals surface area contributed by atoms with Crippen LogP contribution in [0.15, 0.2) is 73.3 Å². The van der Waals surface area contributed by atoms with Gasteiger partial charge in [-0.15, -0.1) is 0 Å². The van der Waals surface area contributed by atoms with Crippen LogP contribution in [0.3, 0.4) is 0 Å². The molecule has 0 fully saturated rings. The predicted molar refractivity (Wildman–Crippen MR) is 136 cm³/mol. The summed E-state index contributed by atoms with van der Waals surface area (Å²) in [7, 11) is 0. The maximum Gasteiger partial charge on any atom is 0.343 e. The number of hydrogen-bond acceptors (Lipinski definition) is 9. The van der Waals surface area contributed by atoms with Crippen LogP contribution in [0.1, 0.15) is 36.0 Å². The SMILES string of the molecule is C=CC(=O)OCCCCOc1ccc(OC(=O)c2ccc(OCCCCOC(=O)C(=C)CO)cc2)cc1. The summed E-state index contributed by atoms with van der Waals surface area (Å²) in [5.74, 6) is 0.0818. The lowest BCUT2D eigenvalue weighted by atomic mass is 10.2. The van der Waals surface area contributed by atoms with E-state index < -0.39 is 24.5 Å². The van der Waals surface area contributed by atoms with Crippen molar-refractivity contribution in [2.24, 2.45) is 0 Å². The highest BCUT2D eigenvalue weighted by atomic mass is 16.5. The number of carbonyl (C=O) groups excluding carboxylic acids is 3. The van der Waals surface area contributed by atoms with Crippen LogP contribution in [0.2, 0.25) is 0 Å². The molecule has 0 amide bonds. The van der Waals surface area contributed by atoms with Gasteiger partial charge < -0.3 is 28.8 Å². The number of esters is 3. The fourth-order valence-corrected chi connectivity index (χ4v) is 2.81. The third-order valence-electron chi connectivity index (χ3n) is 4.86. The molecule has 2 aromatic carbocycles. The highest BCUT2D eigenvalue weighted by molar-refractivity contribution is 5.91. The molecule has 198 valence electrons. The molecule has 0 heterocycles. The topological polar surface area (TPSA) is 118 Å². The summed E-state index contributed by atoms with van der Waals surface area (Å²) in [5, 5.41) is 8.81. The summed E-state index contributed by atoms with van der Waals surface area (Å²) < 4.78 is 26.5. The number of aliphatic hydroxyl groups is 1. The highest BCUT2D eigenvalue weighted by Gasteiger charge is 2.10. The van der Waals surface area contributed by atoms with Crippen molar-refractivity contribution in [3.8, 4) is 17.2 Å². The lowest BCUT2D eigenvalue weighted by Gasteiger charge is -2.09. The molecule has 0 aliphatic rings. The third kappa shape index (κ3) is 11.4. The number of aliphatic hydroxyl groups excluding tert-OH is 1. The molecule has 0 unspecified atom stereocenters. The van der Waals surface area contributed by atoms with E-state index in [0.717, 1.165) is 12.5 Å². The monoisotopic (exact) mass is 512 g/mol. The summed E-state index contributed by atoms with van der Waals surface area (Å²) in [6, 6.07) is 13.3. The molecule has 37 heavy (non-hydrogen) atoms. The number of ether oxygens (including phenoxy) is 5. The number of carbonyl (C=O) groups is 3. The van der Waals surface area contributed by atoms with Crippen LogP contribution in [0, 0.1) is 0 Å². The van der Waals surface area contributed by atoms with E-state index in [9.17, 15) is 14.4 Å². The number of benzene rings is 2. The van der Waals surface area contributed by atoms with Gasteiger partial charge in [0.25, 0.3) is 0 Å². The maximum absolute atomic E-state index is 12.4. The molecule has 1 N–H and O–H groups in total. The smallest absolute Gasteiger partial charge is 0.343 e. The van der Waals surface area contributed by atoms with Crippen molar-refractivity contribution in [3.63, 3.8) is 0 Å². The zero-order valence-electron chi connectivity index (χ0n) is 20.7. The van der Waals surface area contributed by atoms with Crippen molar-refractivity contribution in [2.75, 3.05) is 33.0 Å². The lowest BCUT2D eigenvalue weighted by molar-refractivity contribution is -0.140. The molecule has 0 bridgehead atoms. The Morgan fingerprint density at radius 3 is 1.76 bits per heavy atom. The maximum atomic E-state index is 12.4. The Kier molecular flexibility index (Phi) is 13.0. The standard InChI is InChI=1S/C28H32O9/c1-3-26(30)35-18-6-4-16-34-24-12-14-25(15-13-24)37-28(32)22-8-10-23(11-9-22)33-17-5-7-19-36-27(31)21(2)20-29/h3,8-15,29H,1-2,4-7,16-20H2. The number of hydrogen-bond donors (Lipinski definition) is 1. The molecule has 0 saturated heterocycles. The molecule has 2 rings (SSSR count). The van der Waals surface area contributed by atoms with Crippen LogP contribution in [0.25, 0.3) is 0 Å². The van der Waals surface area contributed by atoms with E-state index in [-0.39, 0.29) is 12.2 Å². The second-order valence-corrected chi connectivity index (χ2v) is 7.77. The van der Waals surface area contributed by atoms with Crippen molar-refractivity contribution in [2.45, 2.75) is 25.7 Å². The molecule has 0 atom stereocenters. The Morgan fingerprint density at radius 2 is 1.22 bits per heavy atom. The molecule has 0 aliphatic carbocycles. The minimum atomic E-state index is -0.604. The van der Waals surface area contributed by atoms with Crippen LogP contribution < -0.4 is 14.2 Å². The van der Waals surface area contributed by atoms with Crippen LogP contribution >= 0.6 is 0 Å². The molecule has 0 aromatic heterocycles. The van der Waals surface area contributed by atoms with Crippen LogP contribution in [0.5, 0.6) is 17.2 Å². The van der Waals surface area contributed by atoms with E-state index in [1.165, 1.54) is 0 Å². The third-order valence-corrected chi connectivity index (χ3v) is 4.86.